The highest BCUT2D eigenvalue weighted by molar-refractivity contribution is 5.51. The third kappa shape index (κ3) is 7.38. The van der Waals surface area contributed by atoms with Crippen molar-refractivity contribution in [1.82, 2.24) is 14.9 Å². The Labute approximate surface area is 193 Å². The normalized spacial score (nSPS) is 14.4. The SMILES string of the molecule is CC.CCC(C)C1=C(Nc2cc(CN(C)Cc3ccccc3)nc(N)n2)C=C(OC)CC1. The highest BCUT2D eigenvalue weighted by Gasteiger charge is 2.19. The Kier molecular flexibility index (Phi) is 10.2. The molecule has 0 bridgehead atoms. The molecule has 0 spiro atoms. The van der Waals surface area contributed by atoms with Crippen LogP contribution in [-0.4, -0.2) is 29.0 Å². The van der Waals surface area contributed by atoms with Gasteiger partial charge in [0.2, 0.25) is 5.95 Å². The topological polar surface area (TPSA) is 76.3 Å². The van der Waals surface area contributed by atoms with E-state index in [0.717, 1.165) is 48.8 Å². The number of hydrogen-bond acceptors (Lipinski definition) is 6. The first kappa shape index (κ1) is 25.4. The molecule has 3 N–H and O–H groups in total. The largest absolute Gasteiger partial charge is 0.501 e. The van der Waals surface area contributed by atoms with Crippen LogP contribution in [0.1, 0.15) is 58.2 Å². The average molecular weight is 438 g/mol. The van der Waals surface area contributed by atoms with Crippen LogP contribution in [0.15, 0.2) is 59.5 Å². The summed E-state index contributed by atoms with van der Waals surface area (Å²) in [6.07, 6.45) is 5.11. The monoisotopic (exact) mass is 437 g/mol. The van der Waals surface area contributed by atoms with Crippen LogP contribution < -0.4 is 11.1 Å². The molecule has 1 atom stereocenters. The summed E-state index contributed by atoms with van der Waals surface area (Å²) in [6.45, 7) is 10.0. The van der Waals surface area contributed by atoms with Gasteiger partial charge in [-0.15, -0.1) is 0 Å². The zero-order valence-corrected chi connectivity index (χ0v) is 20.5. The minimum absolute atomic E-state index is 0.278. The number of methoxy groups -OCH3 is 1. The van der Waals surface area contributed by atoms with Crippen molar-refractivity contribution in [2.75, 3.05) is 25.2 Å². The lowest BCUT2D eigenvalue weighted by molar-refractivity contribution is 0.273. The van der Waals surface area contributed by atoms with Crippen LogP contribution in [0.3, 0.4) is 0 Å². The van der Waals surface area contributed by atoms with Gasteiger partial charge in [-0.25, -0.2) is 4.98 Å². The van der Waals surface area contributed by atoms with Gasteiger partial charge in [0, 0.05) is 31.3 Å². The Bertz CT molecular complexity index is 908. The van der Waals surface area contributed by atoms with Crippen LogP contribution in [0.25, 0.3) is 0 Å². The van der Waals surface area contributed by atoms with E-state index in [-0.39, 0.29) is 5.95 Å². The van der Waals surface area contributed by atoms with E-state index in [1.165, 1.54) is 11.1 Å². The molecule has 0 amide bonds. The first-order valence-corrected chi connectivity index (χ1v) is 11.6. The highest BCUT2D eigenvalue weighted by Crippen LogP contribution is 2.31. The number of nitrogens with zero attached hydrogens (tertiary/aromatic N) is 3. The molecule has 3 rings (SSSR count). The Morgan fingerprint density at radius 2 is 1.84 bits per heavy atom. The van der Waals surface area contributed by atoms with Crippen molar-refractivity contribution < 1.29 is 4.74 Å². The quantitative estimate of drug-likeness (QED) is 0.520. The summed E-state index contributed by atoms with van der Waals surface area (Å²) in [7, 11) is 3.80. The van der Waals surface area contributed by atoms with E-state index in [0.29, 0.717) is 12.5 Å². The Balaban J connectivity index is 0.00000176. The standard InChI is InChI=1S/C24H33N5O.C2H6/c1-5-17(2)21-12-11-20(30-4)14-22(21)27-23-13-19(26-24(25)28-23)16-29(3)15-18-9-7-6-8-10-18;1-2/h6-10,13-14,17H,5,11-12,15-16H2,1-4H3,(H3,25,26,27,28);1-2H3. The van der Waals surface area contributed by atoms with Crippen LogP contribution in [0.4, 0.5) is 11.8 Å². The van der Waals surface area contributed by atoms with Gasteiger partial charge >= 0.3 is 0 Å². The third-order valence-electron chi connectivity index (χ3n) is 5.55. The molecule has 0 saturated heterocycles. The van der Waals surface area contributed by atoms with Crippen LogP contribution in [0.5, 0.6) is 0 Å². The molecule has 2 aromatic rings. The number of anilines is 2. The van der Waals surface area contributed by atoms with Crippen molar-refractivity contribution in [3.8, 4) is 0 Å². The van der Waals surface area contributed by atoms with E-state index in [4.69, 9.17) is 10.5 Å². The van der Waals surface area contributed by atoms with Crippen molar-refractivity contribution in [3.63, 3.8) is 0 Å². The molecule has 0 fully saturated rings. The Morgan fingerprint density at radius 3 is 2.50 bits per heavy atom. The lowest BCUT2D eigenvalue weighted by Crippen LogP contribution is -2.19. The van der Waals surface area contributed by atoms with Crippen molar-refractivity contribution in [2.24, 2.45) is 5.92 Å². The number of benzene rings is 1. The van der Waals surface area contributed by atoms with E-state index >= 15 is 0 Å². The first-order valence-electron chi connectivity index (χ1n) is 11.6. The molecule has 0 aliphatic heterocycles. The first-order chi connectivity index (χ1) is 15.5. The van der Waals surface area contributed by atoms with Gasteiger partial charge in [0.05, 0.1) is 18.6 Å². The molecule has 1 aromatic carbocycles. The number of nitrogens with one attached hydrogen (secondary N) is 1. The molecular formula is C26H39N5O. The molecule has 1 aromatic heterocycles. The fourth-order valence-electron chi connectivity index (χ4n) is 3.78. The molecular weight excluding hydrogens is 398 g/mol. The molecule has 1 aliphatic rings. The van der Waals surface area contributed by atoms with Gasteiger partial charge in [-0.1, -0.05) is 58.0 Å². The number of ether oxygens (including phenoxy) is 1. The van der Waals surface area contributed by atoms with Gasteiger partial charge in [0.1, 0.15) is 5.82 Å². The number of hydrogen-bond donors (Lipinski definition) is 2. The zero-order valence-electron chi connectivity index (χ0n) is 20.5. The molecule has 1 heterocycles. The summed E-state index contributed by atoms with van der Waals surface area (Å²) in [6, 6.07) is 12.4. The summed E-state index contributed by atoms with van der Waals surface area (Å²) in [5.74, 6) is 2.47. The summed E-state index contributed by atoms with van der Waals surface area (Å²) < 4.78 is 5.50. The molecule has 6 nitrogen and oxygen atoms in total. The van der Waals surface area contributed by atoms with E-state index in [9.17, 15) is 0 Å². The zero-order chi connectivity index (χ0) is 23.5. The van der Waals surface area contributed by atoms with Crippen molar-refractivity contribution in [1.29, 1.82) is 0 Å². The van der Waals surface area contributed by atoms with Crippen LogP contribution >= 0.6 is 0 Å². The summed E-state index contributed by atoms with van der Waals surface area (Å²) >= 11 is 0. The maximum atomic E-state index is 6.03. The molecule has 6 heteroatoms. The molecule has 32 heavy (non-hydrogen) atoms. The van der Waals surface area contributed by atoms with E-state index < -0.39 is 0 Å². The molecule has 1 unspecified atom stereocenters. The third-order valence-corrected chi connectivity index (χ3v) is 5.55. The second-order valence-electron chi connectivity index (χ2n) is 7.95. The van der Waals surface area contributed by atoms with Crippen molar-refractivity contribution in [3.05, 3.63) is 70.8 Å². The van der Waals surface area contributed by atoms with Crippen LogP contribution in [-0.2, 0) is 17.8 Å². The van der Waals surface area contributed by atoms with Crippen molar-refractivity contribution >= 4 is 11.8 Å². The maximum absolute atomic E-state index is 6.03. The van der Waals surface area contributed by atoms with Gasteiger partial charge in [0.25, 0.3) is 0 Å². The number of aromatic nitrogens is 2. The molecule has 1 aliphatic carbocycles. The fraction of sp³-hybridized carbons (Fsp3) is 0.462. The van der Waals surface area contributed by atoms with Crippen LogP contribution in [0, 0.1) is 5.92 Å². The predicted molar refractivity (Wildman–Crippen MR) is 134 cm³/mol. The Hall–Kier alpha value is -2.86. The van der Waals surface area contributed by atoms with E-state index in [1.54, 1.807) is 7.11 Å². The average Bonchev–Trinajstić information content (AvgIpc) is 2.80. The number of nitrogen functional groups attached to an aromatic ring is 1. The molecule has 0 radical (unpaired) electrons. The number of allylic oxidation sites excluding steroid dienone is 3. The second kappa shape index (κ2) is 12.9. The van der Waals surface area contributed by atoms with Gasteiger partial charge in [0.15, 0.2) is 0 Å². The lowest BCUT2D eigenvalue weighted by atomic mass is 9.89. The van der Waals surface area contributed by atoms with Gasteiger partial charge < -0.3 is 15.8 Å². The maximum Gasteiger partial charge on any atom is 0.222 e. The van der Waals surface area contributed by atoms with Gasteiger partial charge in [-0.05, 0) is 43.0 Å². The number of rotatable bonds is 9. The van der Waals surface area contributed by atoms with E-state index in [2.05, 4.69) is 71.4 Å². The summed E-state index contributed by atoms with van der Waals surface area (Å²) in [4.78, 5) is 11.1. The fourth-order valence-corrected chi connectivity index (χ4v) is 3.78. The lowest BCUT2D eigenvalue weighted by Gasteiger charge is -2.24. The smallest absolute Gasteiger partial charge is 0.222 e. The Morgan fingerprint density at radius 1 is 1.12 bits per heavy atom. The second-order valence-corrected chi connectivity index (χ2v) is 7.95. The molecule has 174 valence electrons. The highest BCUT2D eigenvalue weighted by atomic mass is 16.5. The minimum atomic E-state index is 0.278. The van der Waals surface area contributed by atoms with Crippen molar-refractivity contribution in [2.45, 2.75) is 60.0 Å². The van der Waals surface area contributed by atoms with Gasteiger partial charge in [-0.2, -0.15) is 4.98 Å². The van der Waals surface area contributed by atoms with E-state index in [1.807, 2.05) is 26.0 Å². The van der Waals surface area contributed by atoms with Crippen LogP contribution in [0.2, 0.25) is 0 Å². The molecule has 0 saturated carbocycles. The number of nitrogens with two attached hydrogens (primary N) is 1. The minimum Gasteiger partial charge on any atom is -0.501 e. The van der Waals surface area contributed by atoms with Gasteiger partial charge in [-0.3, -0.25) is 4.90 Å². The summed E-state index contributed by atoms with van der Waals surface area (Å²) in [5.41, 5.74) is 10.7. The predicted octanol–water partition coefficient (Wildman–Crippen LogP) is 5.75. The summed E-state index contributed by atoms with van der Waals surface area (Å²) in [5, 5.41) is 3.49.